The molecule has 1 unspecified atom stereocenters. The maximum atomic E-state index is 11.0. The standard InChI is InChI=1S/C10H18O2/c1-4-7-9(6-3)12-10(11)8-5-2/h5,8-9H,4,6-7H2,1-3H3. The lowest BCUT2D eigenvalue weighted by Crippen LogP contribution is -2.15. The molecular weight excluding hydrogens is 152 g/mol. The number of carbonyl (C=O) groups excluding carboxylic acids is 1. The van der Waals surface area contributed by atoms with Gasteiger partial charge in [-0.1, -0.05) is 26.3 Å². The fourth-order valence-electron chi connectivity index (χ4n) is 1.01. The topological polar surface area (TPSA) is 26.3 Å². The van der Waals surface area contributed by atoms with Gasteiger partial charge in [-0.05, 0) is 19.8 Å². The molecule has 12 heavy (non-hydrogen) atoms. The summed E-state index contributed by atoms with van der Waals surface area (Å²) in [4.78, 5) is 11.0. The Morgan fingerprint density at radius 1 is 1.50 bits per heavy atom. The third-order valence-electron chi connectivity index (χ3n) is 1.65. The third-order valence-corrected chi connectivity index (χ3v) is 1.65. The molecule has 0 saturated heterocycles. The normalized spacial score (nSPS) is 13.2. The van der Waals surface area contributed by atoms with Gasteiger partial charge in [-0.3, -0.25) is 0 Å². The van der Waals surface area contributed by atoms with Crippen molar-refractivity contribution >= 4 is 5.97 Å². The molecule has 1 atom stereocenters. The number of carbonyl (C=O) groups is 1. The van der Waals surface area contributed by atoms with Gasteiger partial charge in [-0.2, -0.15) is 0 Å². The van der Waals surface area contributed by atoms with Crippen LogP contribution in [-0.4, -0.2) is 12.1 Å². The Morgan fingerprint density at radius 2 is 2.17 bits per heavy atom. The van der Waals surface area contributed by atoms with E-state index in [-0.39, 0.29) is 12.1 Å². The first-order valence-electron chi connectivity index (χ1n) is 4.57. The molecule has 0 N–H and O–H groups in total. The molecule has 0 heterocycles. The lowest BCUT2D eigenvalue weighted by molar-refractivity contribution is -0.143. The zero-order valence-corrected chi connectivity index (χ0v) is 8.17. The van der Waals surface area contributed by atoms with Gasteiger partial charge in [0.25, 0.3) is 0 Å². The van der Waals surface area contributed by atoms with Crippen molar-refractivity contribution in [2.45, 2.75) is 46.1 Å². The predicted molar refractivity (Wildman–Crippen MR) is 49.9 cm³/mol. The molecule has 0 radical (unpaired) electrons. The Kier molecular flexibility index (Phi) is 6.44. The van der Waals surface area contributed by atoms with Crippen LogP contribution in [0.15, 0.2) is 12.2 Å². The van der Waals surface area contributed by atoms with Crippen molar-refractivity contribution < 1.29 is 9.53 Å². The van der Waals surface area contributed by atoms with Crippen molar-refractivity contribution in [3.05, 3.63) is 12.2 Å². The highest BCUT2D eigenvalue weighted by Crippen LogP contribution is 2.06. The van der Waals surface area contributed by atoms with E-state index in [2.05, 4.69) is 6.92 Å². The van der Waals surface area contributed by atoms with Crippen molar-refractivity contribution in [2.24, 2.45) is 0 Å². The van der Waals surface area contributed by atoms with Gasteiger partial charge in [0.05, 0.1) is 0 Å². The van der Waals surface area contributed by atoms with Crippen molar-refractivity contribution in [1.29, 1.82) is 0 Å². The highest BCUT2D eigenvalue weighted by atomic mass is 16.5. The van der Waals surface area contributed by atoms with E-state index in [9.17, 15) is 4.79 Å². The van der Waals surface area contributed by atoms with Crippen molar-refractivity contribution in [3.8, 4) is 0 Å². The molecule has 0 aliphatic heterocycles. The summed E-state index contributed by atoms with van der Waals surface area (Å²) < 4.78 is 5.15. The Bertz CT molecular complexity index is 150. The van der Waals surface area contributed by atoms with Crippen molar-refractivity contribution in [3.63, 3.8) is 0 Å². The number of allylic oxidation sites excluding steroid dienone is 1. The predicted octanol–water partition coefficient (Wildman–Crippen LogP) is 2.68. The van der Waals surface area contributed by atoms with E-state index in [0.29, 0.717) is 0 Å². The van der Waals surface area contributed by atoms with Gasteiger partial charge in [-0.25, -0.2) is 4.79 Å². The first-order chi connectivity index (χ1) is 5.74. The number of ether oxygens (including phenoxy) is 1. The summed E-state index contributed by atoms with van der Waals surface area (Å²) in [6, 6.07) is 0. The van der Waals surface area contributed by atoms with E-state index >= 15 is 0 Å². The van der Waals surface area contributed by atoms with Gasteiger partial charge < -0.3 is 4.74 Å². The molecule has 0 amide bonds. The number of hydrogen-bond acceptors (Lipinski definition) is 2. The van der Waals surface area contributed by atoms with E-state index < -0.39 is 0 Å². The molecular formula is C10H18O2. The van der Waals surface area contributed by atoms with E-state index in [4.69, 9.17) is 4.74 Å². The monoisotopic (exact) mass is 170 g/mol. The summed E-state index contributed by atoms with van der Waals surface area (Å²) in [6.45, 7) is 5.93. The molecule has 0 rings (SSSR count). The maximum Gasteiger partial charge on any atom is 0.330 e. The van der Waals surface area contributed by atoms with Crippen LogP contribution in [0, 0.1) is 0 Å². The fourth-order valence-corrected chi connectivity index (χ4v) is 1.01. The minimum atomic E-state index is -0.224. The van der Waals surface area contributed by atoms with E-state index in [1.807, 2.05) is 13.8 Å². The van der Waals surface area contributed by atoms with E-state index in [1.54, 1.807) is 6.08 Å². The second-order valence-corrected chi connectivity index (χ2v) is 2.76. The van der Waals surface area contributed by atoms with Gasteiger partial charge in [-0.15, -0.1) is 0 Å². The maximum absolute atomic E-state index is 11.0. The van der Waals surface area contributed by atoms with Crippen LogP contribution in [0.5, 0.6) is 0 Å². The van der Waals surface area contributed by atoms with Gasteiger partial charge in [0, 0.05) is 6.08 Å². The number of hydrogen-bond donors (Lipinski definition) is 0. The SMILES string of the molecule is CC=CC(=O)OC(CC)CCC. The van der Waals surface area contributed by atoms with Crippen LogP contribution in [0.1, 0.15) is 40.0 Å². The summed E-state index contributed by atoms with van der Waals surface area (Å²) in [6.07, 6.45) is 6.16. The largest absolute Gasteiger partial charge is 0.459 e. The van der Waals surface area contributed by atoms with Crippen LogP contribution < -0.4 is 0 Å². The molecule has 0 aliphatic carbocycles. The summed E-state index contributed by atoms with van der Waals surface area (Å²) >= 11 is 0. The molecule has 0 aromatic heterocycles. The zero-order chi connectivity index (χ0) is 9.40. The Balaban J connectivity index is 3.76. The molecule has 0 spiro atoms. The quantitative estimate of drug-likeness (QED) is 0.468. The second kappa shape index (κ2) is 6.89. The van der Waals surface area contributed by atoms with E-state index in [0.717, 1.165) is 19.3 Å². The molecule has 0 saturated carbocycles. The van der Waals surface area contributed by atoms with Crippen LogP contribution in [0.4, 0.5) is 0 Å². The molecule has 0 fully saturated rings. The second-order valence-electron chi connectivity index (χ2n) is 2.76. The molecule has 70 valence electrons. The Morgan fingerprint density at radius 3 is 2.58 bits per heavy atom. The minimum absolute atomic E-state index is 0.0960. The summed E-state index contributed by atoms with van der Waals surface area (Å²) in [5.74, 6) is -0.224. The van der Waals surface area contributed by atoms with Gasteiger partial charge in [0.1, 0.15) is 6.10 Å². The number of rotatable bonds is 5. The van der Waals surface area contributed by atoms with Crippen LogP contribution in [0.3, 0.4) is 0 Å². The van der Waals surface area contributed by atoms with Crippen LogP contribution in [0.2, 0.25) is 0 Å². The summed E-state index contributed by atoms with van der Waals surface area (Å²) in [5, 5.41) is 0. The first-order valence-corrected chi connectivity index (χ1v) is 4.57. The molecule has 0 aromatic rings. The minimum Gasteiger partial charge on any atom is -0.459 e. The highest BCUT2D eigenvalue weighted by Gasteiger charge is 2.08. The smallest absolute Gasteiger partial charge is 0.330 e. The lowest BCUT2D eigenvalue weighted by atomic mass is 10.2. The molecule has 0 aliphatic rings. The lowest BCUT2D eigenvalue weighted by Gasteiger charge is -2.13. The van der Waals surface area contributed by atoms with Crippen molar-refractivity contribution in [1.82, 2.24) is 0 Å². The highest BCUT2D eigenvalue weighted by molar-refractivity contribution is 5.81. The Hall–Kier alpha value is -0.790. The molecule has 0 aromatic carbocycles. The third kappa shape index (κ3) is 4.94. The molecule has 2 nitrogen and oxygen atoms in total. The average Bonchev–Trinajstić information content (AvgIpc) is 2.04. The fraction of sp³-hybridized carbons (Fsp3) is 0.700. The summed E-state index contributed by atoms with van der Waals surface area (Å²) in [7, 11) is 0. The van der Waals surface area contributed by atoms with Crippen LogP contribution in [0.25, 0.3) is 0 Å². The van der Waals surface area contributed by atoms with Gasteiger partial charge in [0.2, 0.25) is 0 Å². The van der Waals surface area contributed by atoms with Crippen LogP contribution >= 0.6 is 0 Å². The van der Waals surface area contributed by atoms with E-state index in [1.165, 1.54) is 6.08 Å². The van der Waals surface area contributed by atoms with Gasteiger partial charge >= 0.3 is 5.97 Å². The number of esters is 1. The van der Waals surface area contributed by atoms with Crippen molar-refractivity contribution in [2.75, 3.05) is 0 Å². The molecule has 0 bridgehead atoms. The average molecular weight is 170 g/mol. The summed E-state index contributed by atoms with van der Waals surface area (Å²) in [5.41, 5.74) is 0. The van der Waals surface area contributed by atoms with Crippen LogP contribution in [-0.2, 0) is 9.53 Å². The van der Waals surface area contributed by atoms with Gasteiger partial charge in [0.15, 0.2) is 0 Å². The first kappa shape index (κ1) is 11.2. The Labute approximate surface area is 74.6 Å². The zero-order valence-electron chi connectivity index (χ0n) is 8.17. The molecule has 2 heteroatoms.